The minimum atomic E-state index is -0.833. The molecule has 2 atom stereocenters. The number of ether oxygens (including phenoxy) is 1. The highest BCUT2D eigenvalue weighted by atomic mass is 19.1. The molecule has 2 aromatic rings. The van der Waals surface area contributed by atoms with Crippen molar-refractivity contribution < 1.29 is 19.0 Å². The van der Waals surface area contributed by atoms with Crippen LogP contribution < -0.4 is 15.6 Å². The van der Waals surface area contributed by atoms with Crippen molar-refractivity contribution in [2.24, 2.45) is 5.92 Å². The van der Waals surface area contributed by atoms with Gasteiger partial charge in [-0.15, -0.1) is 0 Å². The maximum absolute atomic E-state index is 14.0. The Hall–Kier alpha value is -2.67. The van der Waals surface area contributed by atoms with Crippen LogP contribution in [0.2, 0.25) is 0 Å². The Morgan fingerprint density at radius 1 is 1.26 bits per heavy atom. The molecule has 0 unspecified atom stereocenters. The number of nitrogens with zero attached hydrogens (tertiary/aromatic N) is 1. The maximum Gasteiger partial charge on any atom is 0.300 e. The first-order valence-electron chi connectivity index (χ1n) is 8.88. The number of hydrogen-bond acceptors (Lipinski definition) is 4. The molecule has 1 aromatic carbocycles. The normalized spacial score (nSPS) is 20.1. The number of methoxy groups -OCH3 is 1. The molecule has 1 saturated heterocycles. The molecule has 0 saturated carbocycles. The van der Waals surface area contributed by atoms with Gasteiger partial charge in [-0.25, -0.2) is 4.39 Å². The lowest BCUT2D eigenvalue weighted by Gasteiger charge is -2.37. The topological polar surface area (TPSA) is 80.6 Å². The van der Waals surface area contributed by atoms with Crippen molar-refractivity contribution in [3.05, 3.63) is 52.2 Å². The number of fused-ring (bicyclic) bond motifs is 4. The first-order chi connectivity index (χ1) is 12.9. The number of pyridine rings is 1. The number of benzene rings is 1. The van der Waals surface area contributed by atoms with E-state index in [0.717, 1.165) is 44.2 Å². The van der Waals surface area contributed by atoms with Crippen molar-refractivity contribution in [2.75, 3.05) is 20.2 Å². The van der Waals surface area contributed by atoms with E-state index in [1.54, 1.807) is 18.2 Å². The zero-order valence-corrected chi connectivity index (χ0v) is 15.4. The van der Waals surface area contributed by atoms with Gasteiger partial charge >= 0.3 is 0 Å². The van der Waals surface area contributed by atoms with Gasteiger partial charge in [-0.2, -0.15) is 0 Å². The number of carboxylic acids is 1. The average Bonchev–Trinajstić information content (AvgIpc) is 2.62. The van der Waals surface area contributed by atoms with Crippen LogP contribution in [0.15, 0.2) is 35.1 Å². The molecule has 144 valence electrons. The Kier molecular flexibility index (Phi) is 5.60. The van der Waals surface area contributed by atoms with Gasteiger partial charge in [-0.1, -0.05) is 6.07 Å². The molecule has 7 heteroatoms. The van der Waals surface area contributed by atoms with Gasteiger partial charge in [0.25, 0.3) is 11.5 Å². The summed E-state index contributed by atoms with van der Waals surface area (Å²) in [6, 6.07) is 8.46. The number of halogens is 1. The van der Waals surface area contributed by atoms with E-state index in [1.807, 2.05) is 10.6 Å². The average molecular weight is 374 g/mol. The summed E-state index contributed by atoms with van der Waals surface area (Å²) in [6.07, 6.45) is 1.12. The highest BCUT2D eigenvalue weighted by Crippen LogP contribution is 2.34. The van der Waals surface area contributed by atoms with Gasteiger partial charge in [0.2, 0.25) is 0 Å². The first-order valence-corrected chi connectivity index (χ1v) is 8.88. The fourth-order valence-corrected chi connectivity index (χ4v) is 3.82. The summed E-state index contributed by atoms with van der Waals surface area (Å²) in [5, 5.41) is 10.9. The van der Waals surface area contributed by atoms with Crippen LogP contribution in [0.3, 0.4) is 0 Å². The van der Waals surface area contributed by atoms with E-state index in [4.69, 9.17) is 14.6 Å². The second kappa shape index (κ2) is 7.92. The van der Waals surface area contributed by atoms with Gasteiger partial charge in [0.15, 0.2) is 11.6 Å². The number of rotatable bonds is 2. The zero-order chi connectivity index (χ0) is 19.6. The number of nitrogens with one attached hydrogen (secondary N) is 1. The summed E-state index contributed by atoms with van der Waals surface area (Å²) < 4.78 is 20.8. The van der Waals surface area contributed by atoms with E-state index in [2.05, 4.69) is 5.32 Å². The number of aromatic nitrogens is 1. The van der Waals surface area contributed by atoms with Crippen LogP contribution in [-0.2, 0) is 11.3 Å². The van der Waals surface area contributed by atoms with Crippen LogP contribution in [0.4, 0.5) is 4.39 Å². The molecule has 4 rings (SSSR count). The monoisotopic (exact) mass is 374 g/mol. The van der Waals surface area contributed by atoms with E-state index >= 15 is 0 Å². The highest BCUT2D eigenvalue weighted by Gasteiger charge is 2.31. The van der Waals surface area contributed by atoms with Crippen molar-refractivity contribution in [3.63, 3.8) is 0 Å². The molecule has 0 aliphatic carbocycles. The molecule has 2 bridgehead atoms. The molecular formula is C20H23FN2O4. The van der Waals surface area contributed by atoms with E-state index in [9.17, 15) is 9.18 Å². The van der Waals surface area contributed by atoms with E-state index in [1.165, 1.54) is 13.2 Å². The lowest BCUT2D eigenvalue weighted by atomic mass is 9.83. The fraction of sp³-hybridized carbons (Fsp3) is 0.400. The summed E-state index contributed by atoms with van der Waals surface area (Å²) in [5.41, 5.74) is 2.54. The van der Waals surface area contributed by atoms with Gasteiger partial charge in [0.05, 0.1) is 7.11 Å². The third-order valence-corrected chi connectivity index (χ3v) is 4.95. The predicted octanol–water partition coefficient (Wildman–Crippen LogP) is 2.46. The van der Waals surface area contributed by atoms with Gasteiger partial charge in [0, 0.05) is 37.7 Å². The molecule has 2 N–H and O–H groups in total. The SMILES string of the molecule is CC(=O)O.COc1ccc(-c2cc3n(c(=O)c2)C[C@@H]2CNC[C@H]3C2)cc1F. The third-order valence-electron chi connectivity index (χ3n) is 4.95. The second-order valence-corrected chi connectivity index (χ2v) is 6.94. The number of aliphatic carboxylic acids is 1. The maximum atomic E-state index is 14.0. The summed E-state index contributed by atoms with van der Waals surface area (Å²) in [6.45, 7) is 3.74. The van der Waals surface area contributed by atoms with Crippen molar-refractivity contribution in [1.82, 2.24) is 9.88 Å². The minimum absolute atomic E-state index is 0.00493. The lowest BCUT2D eigenvalue weighted by Crippen LogP contribution is -2.44. The molecule has 2 aliphatic heterocycles. The molecule has 1 aromatic heterocycles. The Bertz CT molecular complexity index is 905. The molecule has 2 aliphatic rings. The molecule has 27 heavy (non-hydrogen) atoms. The van der Waals surface area contributed by atoms with Crippen LogP contribution in [0.25, 0.3) is 11.1 Å². The minimum Gasteiger partial charge on any atom is -0.494 e. The summed E-state index contributed by atoms with van der Waals surface area (Å²) in [4.78, 5) is 21.5. The zero-order valence-electron chi connectivity index (χ0n) is 15.4. The van der Waals surface area contributed by atoms with Crippen LogP contribution >= 0.6 is 0 Å². The summed E-state index contributed by atoms with van der Waals surface area (Å²) in [7, 11) is 1.44. The second-order valence-electron chi connectivity index (χ2n) is 6.94. The number of carbonyl (C=O) groups is 1. The van der Waals surface area contributed by atoms with E-state index < -0.39 is 11.8 Å². The Labute approximate surface area is 156 Å². The van der Waals surface area contributed by atoms with Crippen molar-refractivity contribution in [1.29, 1.82) is 0 Å². The van der Waals surface area contributed by atoms with Gasteiger partial charge in [-0.05, 0) is 48.2 Å². The molecule has 3 heterocycles. The molecule has 6 nitrogen and oxygen atoms in total. The molecule has 1 fully saturated rings. The van der Waals surface area contributed by atoms with Gasteiger partial charge in [0.1, 0.15) is 0 Å². The van der Waals surface area contributed by atoms with Crippen molar-refractivity contribution in [2.45, 2.75) is 25.8 Å². The summed E-state index contributed by atoms with van der Waals surface area (Å²) in [5.74, 6) is -0.147. The molecule has 0 radical (unpaired) electrons. The van der Waals surface area contributed by atoms with E-state index in [0.29, 0.717) is 17.4 Å². The number of piperidine rings is 1. The van der Waals surface area contributed by atoms with Crippen LogP contribution in [0.1, 0.15) is 25.0 Å². The highest BCUT2D eigenvalue weighted by molar-refractivity contribution is 5.65. The fourth-order valence-electron chi connectivity index (χ4n) is 3.82. The molecule has 0 spiro atoms. The van der Waals surface area contributed by atoms with Crippen LogP contribution in [-0.4, -0.2) is 35.8 Å². The van der Waals surface area contributed by atoms with Crippen LogP contribution in [0, 0.1) is 11.7 Å². The van der Waals surface area contributed by atoms with Gasteiger partial charge < -0.3 is 19.7 Å². The number of hydrogen-bond donors (Lipinski definition) is 2. The Morgan fingerprint density at radius 3 is 2.67 bits per heavy atom. The van der Waals surface area contributed by atoms with Crippen molar-refractivity contribution in [3.8, 4) is 16.9 Å². The van der Waals surface area contributed by atoms with E-state index in [-0.39, 0.29) is 11.3 Å². The standard InChI is InChI=1S/C18H19FN2O2.C2H4O2/c1-23-17-3-2-12(5-15(17)19)13-6-16-14-4-11(8-20-9-14)10-21(16)18(22)7-13;1-2(3)4/h2-3,5-7,11,14,20H,4,8-10H2,1H3;1H3,(H,3,4)/t11-,14+;/m0./s1. The molecule has 0 amide bonds. The molecular weight excluding hydrogens is 351 g/mol. The Morgan fingerprint density at radius 2 is 2.00 bits per heavy atom. The van der Waals surface area contributed by atoms with Crippen molar-refractivity contribution >= 4 is 5.97 Å². The predicted molar refractivity (Wildman–Crippen MR) is 99.7 cm³/mol. The Balaban J connectivity index is 0.000000481. The first kappa shape index (κ1) is 19.1. The largest absolute Gasteiger partial charge is 0.494 e. The smallest absolute Gasteiger partial charge is 0.300 e. The number of carboxylic acid groups (broad SMARTS) is 1. The third kappa shape index (κ3) is 4.19. The lowest BCUT2D eigenvalue weighted by molar-refractivity contribution is -0.134. The summed E-state index contributed by atoms with van der Waals surface area (Å²) >= 11 is 0. The van der Waals surface area contributed by atoms with Gasteiger partial charge in [-0.3, -0.25) is 9.59 Å². The quantitative estimate of drug-likeness (QED) is 0.844. The van der Waals surface area contributed by atoms with Crippen LogP contribution in [0.5, 0.6) is 5.75 Å².